The van der Waals surface area contributed by atoms with Gasteiger partial charge >= 0.3 is 0 Å². The summed E-state index contributed by atoms with van der Waals surface area (Å²) in [4.78, 5) is 28.4. The first-order valence-electron chi connectivity index (χ1n) is 14.8. The van der Waals surface area contributed by atoms with Crippen LogP contribution in [0.1, 0.15) is 23.6 Å². The molecule has 6 rings (SSSR count). The molecule has 0 spiro atoms. The smallest absolute Gasteiger partial charge is 0.271 e. The van der Waals surface area contributed by atoms with Gasteiger partial charge in [0, 0.05) is 28.5 Å². The monoisotopic (exact) mass is 624 g/mol. The number of hydrogen-bond acceptors (Lipinski definition) is 6. The molecule has 2 amide bonds. The third kappa shape index (κ3) is 6.44. The van der Waals surface area contributed by atoms with Crippen LogP contribution in [-0.2, 0) is 22.7 Å². The quantitative estimate of drug-likeness (QED) is 0.129. The molecule has 1 aromatic heterocycles. The molecule has 0 N–H and O–H groups in total. The van der Waals surface area contributed by atoms with Gasteiger partial charge < -0.3 is 9.47 Å². The number of carbonyl (C=O) groups excluding carboxylic acids is 2. The summed E-state index contributed by atoms with van der Waals surface area (Å²) in [5.74, 6) is -0.378. The van der Waals surface area contributed by atoms with Crippen LogP contribution in [0.15, 0.2) is 126 Å². The van der Waals surface area contributed by atoms with E-state index >= 15 is 0 Å². The summed E-state index contributed by atoms with van der Waals surface area (Å²) in [5, 5.41) is 14.8. The highest BCUT2D eigenvalue weighted by Gasteiger charge is 2.35. The average Bonchev–Trinajstić information content (AvgIpc) is 3.53. The highest BCUT2D eigenvalue weighted by Crippen LogP contribution is 2.33. The number of nitriles is 1. The standard InChI is InChI=1S/C38H29FN4O4/c1-25-33(37(44)42(38(45)34(25)21-40)22-26-15-17-31(46-2)18-16-26)20-29-23-43(30-11-4-3-5-12-30)41-36(29)27-10-8-13-32(19-27)47-24-28-9-6-7-14-35(28)39/h3-20,23H,22,24H2,1-2H3/b33-20+. The maximum atomic E-state index is 14.2. The molecule has 1 aliphatic rings. The van der Waals surface area contributed by atoms with Gasteiger partial charge in [0.2, 0.25) is 0 Å². The van der Waals surface area contributed by atoms with Crippen molar-refractivity contribution >= 4 is 17.9 Å². The summed E-state index contributed by atoms with van der Waals surface area (Å²) < 4.78 is 27.1. The lowest BCUT2D eigenvalue weighted by Crippen LogP contribution is -2.42. The van der Waals surface area contributed by atoms with Crippen molar-refractivity contribution in [2.75, 3.05) is 7.11 Å². The number of nitrogens with zero attached hydrogens (tertiary/aromatic N) is 4. The summed E-state index contributed by atoms with van der Waals surface area (Å²) in [7, 11) is 1.56. The summed E-state index contributed by atoms with van der Waals surface area (Å²) in [6.45, 7) is 1.62. The zero-order valence-corrected chi connectivity index (χ0v) is 25.7. The Balaban J connectivity index is 1.41. The predicted octanol–water partition coefficient (Wildman–Crippen LogP) is 7.06. The van der Waals surface area contributed by atoms with Gasteiger partial charge in [-0.05, 0) is 66.6 Å². The number of amides is 2. The van der Waals surface area contributed by atoms with Crippen LogP contribution in [0, 0.1) is 17.1 Å². The normalized spacial score (nSPS) is 14.0. The van der Waals surface area contributed by atoms with Gasteiger partial charge in [-0.25, -0.2) is 9.07 Å². The zero-order valence-electron chi connectivity index (χ0n) is 25.7. The topological polar surface area (TPSA) is 97.5 Å². The third-order valence-electron chi connectivity index (χ3n) is 7.85. The number of aromatic nitrogens is 2. The lowest BCUT2D eigenvalue weighted by molar-refractivity contribution is -0.141. The van der Waals surface area contributed by atoms with E-state index in [0.717, 1.165) is 10.6 Å². The number of carbonyl (C=O) groups is 2. The molecule has 0 unspecified atom stereocenters. The molecule has 5 aromatic rings. The molecule has 9 heteroatoms. The second-order valence-corrected chi connectivity index (χ2v) is 10.8. The van der Waals surface area contributed by atoms with Crippen LogP contribution in [0.4, 0.5) is 4.39 Å². The first-order chi connectivity index (χ1) is 22.9. The molecule has 4 aromatic carbocycles. The highest BCUT2D eigenvalue weighted by atomic mass is 19.1. The van der Waals surface area contributed by atoms with Gasteiger partial charge in [-0.2, -0.15) is 10.4 Å². The molecule has 8 nitrogen and oxygen atoms in total. The Hall–Kier alpha value is -6.27. The van der Waals surface area contributed by atoms with E-state index in [0.29, 0.717) is 39.4 Å². The van der Waals surface area contributed by atoms with Gasteiger partial charge in [0.25, 0.3) is 11.8 Å². The Kier molecular flexibility index (Phi) is 8.75. The second-order valence-electron chi connectivity index (χ2n) is 10.8. The number of halogens is 1. The van der Waals surface area contributed by atoms with E-state index in [1.165, 1.54) is 6.07 Å². The molecule has 0 bridgehead atoms. The maximum absolute atomic E-state index is 14.2. The fourth-order valence-electron chi connectivity index (χ4n) is 5.28. The molecule has 0 radical (unpaired) electrons. The lowest BCUT2D eigenvalue weighted by Gasteiger charge is -2.27. The molecule has 47 heavy (non-hydrogen) atoms. The molecule has 0 fully saturated rings. The number of benzene rings is 4. The van der Waals surface area contributed by atoms with Crippen molar-refractivity contribution in [3.8, 4) is 34.5 Å². The van der Waals surface area contributed by atoms with Crippen molar-refractivity contribution in [3.05, 3.63) is 149 Å². The largest absolute Gasteiger partial charge is 0.497 e. The zero-order chi connectivity index (χ0) is 32.9. The molecular weight excluding hydrogens is 595 g/mol. The Morgan fingerprint density at radius 2 is 1.64 bits per heavy atom. The van der Waals surface area contributed by atoms with Gasteiger partial charge in [-0.1, -0.05) is 60.7 Å². The molecule has 0 saturated heterocycles. The first kappa shape index (κ1) is 30.7. The highest BCUT2D eigenvalue weighted by molar-refractivity contribution is 6.19. The van der Waals surface area contributed by atoms with Crippen molar-refractivity contribution in [3.63, 3.8) is 0 Å². The van der Waals surface area contributed by atoms with Crippen molar-refractivity contribution in [2.24, 2.45) is 0 Å². The Morgan fingerprint density at radius 1 is 0.894 bits per heavy atom. The van der Waals surface area contributed by atoms with Crippen LogP contribution in [0.2, 0.25) is 0 Å². The molecule has 2 heterocycles. The van der Waals surface area contributed by atoms with Crippen LogP contribution >= 0.6 is 0 Å². The average molecular weight is 625 g/mol. The first-order valence-corrected chi connectivity index (χ1v) is 14.8. The number of hydrogen-bond donors (Lipinski definition) is 0. The number of para-hydroxylation sites is 1. The Labute approximate surface area is 271 Å². The molecule has 0 saturated carbocycles. The second kappa shape index (κ2) is 13.4. The molecule has 232 valence electrons. The van der Waals surface area contributed by atoms with Crippen molar-refractivity contribution in [2.45, 2.75) is 20.1 Å². The Morgan fingerprint density at radius 3 is 2.36 bits per heavy atom. The van der Waals surface area contributed by atoms with Crippen molar-refractivity contribution < 1.29 is 23.5 Å². The summed E-state index contributed by atoms with van der Waals surface area (Å²) in [6.07, 6.45) is 3.46. The molecular formula is C38H29FN4O4. The van der Waals surface area contributed by atoms with Gasteiger partial charge in [-0.3, -0.25) is 14.5 Å². The number of methoxy groups -OCH3 is 1. The van der Waals surface area contributed by atoms with Crippen LogP contribution in [0.5, 0.6) is 11.5 Å². The van der Waals surface area contributed by atoms with Gasteiger partial charge in [0.15, 0.2) is 0 Å². The molecule has 1 aliphatic heterocycles. The van der Waals surface area contributed by atoms with E-state index in [1.54, 1.807) is 85.6 Å². The van der Waals surface area contributed by atoms with Crippen LogP contribution in [0.3, 0.4) is 0 Å². The van der Waals surface area contributed by atoms with Gasteiger partial charge in [-0.15, -0.1) is 0 Å². The van der Waals surface area contributed by atoms with E-state index in [1.807, 2.05) is 48.5 Å². The van der Waals surface area contributed by atoms with E-state index in [2.05, 4.69) is 0 Å². The number of ether oxygens (including phenoxy) is 2. The van der Waals surface area contributed by atoms with E-state index < -0.39 is 11.8 Å². The molecule has 0 atom stereocenters. The fourth-order valence-corrected chi connectivity index (χ4v) is 5.28. The van der Waals surface area contributed by atoms with Crippen LogP contribution in [0.25, 0.3) is 23.0 Å². The minimum absolute atomic E-state index is 0.0189. The summed E-state index contributed by atoms with van der Waals surface area (Å²) in [5.41, 5.74) is 4.12. The maximum Gasteiger partial charge on any atom is 0.271 e. The number of imide groups is 1. The minimum Gasteiger partial charge on any atom is -0.497 e. The minimum atomic E-state index is -0.650. The van der Waals surface area contributed by atoms with Crippen LogP contribution in [-0.4, -0.2) is 33.6 Å². The Bertz CT molecular complexity index is 2070. The van der Waals surface area contributed by atoms with Crippen molar-refractivity contribution in [1.29, 1.82) is 5.26 Å². The van der Waals surface area contributed by atoms with Gasteiger partial charge in [0.05, 0.1) is 19.3 Å². The van der Waals surface area contributed by atoms with E-state index in [4.69, 9.17) is 14.6 Å². The van der Waals surface area contributed by atoms with Crippen molar-refractivity contribution in [1.82, 2.24) is 14.7 Å². The molecule has 0 aliphatic carbocycles. The predicted molar refractivity (Wildman–Crippen MR) is 175 cm³/mol. The summed E-state index contributed by atoms with van der Waals surface area (Å²) >= 11 is 0. The SMILES string of the molecule is COc1ccc(CN2C(=O)C(C#N)=C(C)/C(=C\c3cn(-c4ccccc4)nc3-c3cccc(OCc4ccccc4F)c3)C2=O)cc1. The van der Waals surface area contributed by atoms with Crippen LogP contribution < -0.4 is 9.47 Å². The summed E-state index contributed by atoms with van der Waals surface area (Å²) in [6, 6.07) is 32.2. The van der Waals surface area contributed by atoms with E-state index in [-0.39, 0.29) is 35.7 Å². The third-order valence-corrected chi connectivity index (χ3v) is 7.85. The fraction of sp³-hybridized carbons (Fsp3) is 0.105. The van der Waals surface area contributed by atoms with E-state index in [9.17, 15) is 19.2 Å². The number of rotatable bonds is 9. The van der Waals surface area contributed by atoms with Gasteiger partial charge in [0.1, 0.15) is 41.3 Å². The lowest BCUT2D eigenvalue weighted by atomic mass is 9.93.